The number of aryl methyl sites for hydroxylation is 1. The van der Waals surface area contributed by atoms with Crippen LogP contribution in [-0.2, 0) is 11.2 Å². The van der Waals surface area contributed by atoms with E-state index >= 15 is 0 Å². The zero-order valence-corrected chi connectivity index (χ0v) is 8.99. The Morgan fingerprint density at radius 3 is 2.86 bits per heavy atom. The molecule has 0 amide bonds. The standard InChI is InChI=1S/C12H19NO/c1-10-4-3-5-11(8-10)9-12(13)6-7-14-2/h3-5,8,12H,6-7,9,13H2,1-2H3. The van der Waals surface area contributed by atoms with Crippen molar-refractivity contribution in [3.8, 4) is 0 Å². The molecule has 2 nitrogen and oxygen atoms in total. The van der Waals surface area contributed by atoms with Crippen LogP contribution in [0.15, 0.2) is 24.3 Å². The summed E-state index contributed by atoms with van der Waals surface area (Å²) < 4.78 is 4.99. The number of rotatable bonds is 5. The zero-order valence-electron chi connectivity index (χ0n) is 8.99. The van der Waals surface area contributed by atoms with Gasteiger partial charge in [-0.2, -0.15) is 0 Å². The van der Waals surface area contributed by atoms with E-state index in [4.69, 9.17) is 10.5 Å². The summed E-state index contributed by atoms with van der Waals surface area (Å²) in [4.78, 5) is 0. The van der Waals surface area contributed by atoms with Gasteiger partial charge in [0, 0.05) is 19.8 Å². The molecule has 0 saturated carbocycles. The fraction of sp³-hybridized carbons (Fsp3) is 0.500. The minimum Gasteiger partial charge on any atom is -0.385 e. The minimum absolute atomic E-state index is 0.205. The molecule has 0 aliphatic heterocycles. The van der Waals surface area contributed by atoms with Gasteiger partial charge in [-0.15, -0.1) is 0 Å². The molecule has 1 rings (SSSR count). The van der Waals surface area contributed by atoms with Gasteiger partial charge in [-0.25, -0.2) is 0 Å². The lowest BCUT2D eigenvalue weighted by molar-refractivity contribution is 0.188. The van der Waals surface area contributed by atoms with E-state index < -0.39 is 0 Å². The molecule has 1 aromatic rings. The van der Waals surface area contributed by atoms with Crippen LogP contribution in [0, 0.1) is 6.92 Å². The van der Waals surface area contributed by atoms with E-state index in [1.807, 2.05) is 0 Å². The largest absolute Gasteiger partial charge is 0.385 e. The number of methoxy groups -OCH3 is 1. The lowest BCUT2D eigenvalue weighted by Crippen LogP contribution is -2.24. The molecular weight excluding hydrogens is 174 g/mol. The number of ether oxygens (including phenoxy) is 1. The Balaban J connectivity index is 2.43. The highest BCUT2D eigenvalue weighted by molar-refractivity contribution is 5.22. The lowest BCUT2D eigenvalue weighted by Gasteiger charge is -2.11. The molecule has 1 unspecified atom stereocenters. The van der Waals surface area contributed by atoms with Crippen molar-refractivity contribution >= 4 is 0 Å². The molecule has 1 aromatic carbocycles. The van der Waals surface area contributed by atoms with Crippen LogP contribution in [-0.4, -0.2) is 19.8 Å². The van der Waals surface area contributed by atoms with E-state index in [9.17, 15) is 0 Å². The van der Waals surface area contributed by atoms with E-state index in [1.54, 1.807) is 7.11 Å². The first-order chi connectivity index (χ1) is 6.72. The summed E-state index contributed by atoms with van der Waals surface area (Å²) in [6.07, 6.45) is 1.86. The number of nitrogens with two attached hydrogens (primary N) is 1. The molecule has 2 heteroatoms. The predicted molar refractivity (Wildman–Crippen MR) is 59.4 cm³/mol. The molecule has 0 aliphatic carbocycles. The number of hydrogen-bond donors (Lipinski definition) is 1. The van der Waals surface area contributed by atoms with Crippen molar-refractivity contribution in [2.75, 3.05) is 13.7 Å². The summed E-state index contributed by atoms with van der Waals surface area (Å²) >= 11 is 0. The highest BCUT2D eigenvalue weighted by Gasteiger charge is 2.03. The maximum Gasteiger partial charge on any atom is 0.0477 e. The smallest absolute Gasteiger partial charge is 0.0477 e. The third-order valence-electron chi connectivity index (χ3n) is 2.27. The van der Waals surface area contributed by atoms with Crippen molar-refractivity contribution in [1.29, 1.82) is 0 Å². The van der Waals surface area contributed by atoms with Gasteiger partial charge in [-0.1, -0.05) is 29.8 Å². The van der Waals surface area contributed by atoms with Gasteiger partial charge in [0.15, 0.2) is 0 Å². The summed E-state index contributed by atoms with van der Waals surface area (Å²) in [5, 5.41) is 0. The molecule has 0 aliphatic rings. The van der Waals surface area contributed by atoms with E-state index in [0.717, 1.165) is 19.4 Å². The van der Waals surface area contributed by atoms with E-state index in [2.05, 4.69) is 31.2 Å². The fourth-order valence-corrected chi connectivity index (χ4v) is 1.51. The topological polar surface area (TPSA) is 35.2 Å². The van der Waals surface area contributed by atoms with Crippen LogP contribution in [0.1, 0.15) is 17.5 Å². The Kier molecular flexibility index (Phi) is 4.63. The van der Waals surface area contributed by atoms with Crippen LogP contribution in [0.3, 0.4) is 0 Å². The van der Waals surface area contributed by atoms with Crippen LogP contribution in [0.5, 0.6) is 0 Å². The monoisotopic (exact) mass is 193 g/mol. The number of hydrogen-bond acceptors (Lipinski definition) is 2. The average molecular weight is 193 g/mol. The summed E-state index contributed by atoms with van der Waals surface area (Å²) in [6, 6.07) is 8.70. The van der Waals surface area contributed by atoms with Crippen molar-refractivity contribution in [3.63, 3.8) is 0 Å². The van der Waals surface area contributed by atoms with Crippen LogP contribution >= 0.6 is 0 Å². The highest BCUT2D eigenvalue weighted by Crippen LogP contribution is 2.07. The quantitative estimate of drug-likeness (QED) is 0.775. The molecule has 0 radical (unpaired) electrons. The number of benzene rings is 1. The second-order valence-corrected chi connectivity index (χ2v) is 3.73. The van der Waals surface area contributed by atoms with Gasteiger partial charge in [-0.05, 0) is 25.3 Å². The summed E-state index contributed by atoms with van der Waals surface area (Å²) in [6.45, 7) is 2.84. The minimum atomic E-state index is 0.205. The van der Waals surface area contributed by atoms with Gasteiger partial charge < -0.3 is 10.5 Å². The van der Waals surface area contributed by atoms with Gasteiger partial charge in [0.1, 0.15) is 0 Å². The Bertz CT molecular complexity index is 273. The molecule has 1 atom stereocenters. The molecule has 2 N–H and O–H groups in total. The molecule has 0 heterocycles. The molecule has 0 fully saturated rings. The third-order valence-corrected chi connectivity index (χ3v) is 2.27. The fourth-order valence-electron chi connectivity index (χ4n) is 1.51. The van der Waals surface area contributed by atoms with Gasteiger partial charge in [0.25, 0.3) is 0 Å². The van der Waals surface area contributed by atoms with Gasteiger partial charge in [0.05, 0.1) is 0 Å². The Morgan fingerprint density at radius 1 is 1.43 bits per heavy atom. The first-order valence-corrected chi connectivity index (χ1v) is 5.02. The lowest BCUT2D eigenvalue weighted by atomic mass is 10.0. The Hall–Kier alpha value is -0.860. The first-order valence-electron chi connectivity index (χ1n) is 5.02. The van der Waals surface area contributed by atoms with Crippen molar-refractivity contribution < 1.29 is 4.74 Å². The molecular formula is C12H19NO. The van der Waals surface area contributed by atoms with Crippen molar-refractivity contribution in [2.24, 2.45) is 5.73 Å². The van der Waals surface area contributed by atoms with Crippen LogP contribution < -0.4 is 5.73 Å². The first kappa shape index (κ1) is 11.2. The maximum atomic E-state index is 5.96. The molecule has 0 bridgehead atoms. The SMILES string of the molecule is COCCC(N)Cc1cccc(C)c1. The van der Waals surface area contributed by atoms with E-state index in [0.29, 0.717) is 0 Å². The summed E-state index contributed by atoms with van der Waals surface area (Å²) in [5.41, 5.74) is 8.57. The molecule has 0 saturated heterocycles. The Morgan fingerprint density at radius 2 is 2.21 bits per heavy atom. The van der Waals surface area contributed by atoms with Crippen molar-refractivity contribution in [3.05, 3.63) is 35.4 Å². The predicted octanol–water partition coefficient (Wildman–Crippen LogP) is 1.90. The molecule has 0 spiro atoms. The maximum absolute atomic E-state index is 5.96. The molecule has 0 aromatic heterocycles. The highest BCUT2D eigenvalue weighted by atomic mass is 16.5. The zero-order chi connectivity index (χ0) is 10.4. The normalized spacial score (nSPS) is 12.8. The summed E-state index contributed by atoms with van der Waals surface area (Å²) in [7, 11) is 1.71. The second-order valence-electron chi connectivity index (χ2n) is 3.73. The third kappa shape index (κ3) is 3.90. The van der Waals surface area contributed by atoms with Crippen molar-refractivity contribution in [1.82, 2.24) is 0 Å². The molecule has 14 heavy (non-hydrogen) atoms. The van der Waals surface area contributed by atoms with E-state index in [1.165, 1.54) is 11.1 Å². The van der Waals surface area contributed by atoms with Gasteiger partial charge >= 0.3 is 0 Å². The van der Waals surface area contributed by atoms with Gasteiger partial charge in [0.2, 0.25) is 0 Å². The molecule has 78 valence electrons. The van der Waals surface area contributed by atoms with E-state index in [-0.39, 0.29) is 6.04 Å². The van der Waals surface area contributed by atoms with Crippen molar-refractivity contribution in [2.45, 2.75) is 25.8 Å². The van der Waals surface area contributed by atoms with Crippen LogP contribution in [0.25, 0.3) is 0 Å². The van der Waals surface area contributed by atoms with Gasteiger partial charge in [-0.3, -0.25) is 0 Å². The summed E-state index contributed by atoms with van der Waals surface area (Å²) in [5.74, 6) is 0. The average Bonchev–Trinajstić information content (AvgIpc) is 2.15. The second kappa shape index (κ2) is 5.78. The van der Waals surface area contributed by atoms with Crippen LogP contribution in [0.2, 0.25) is 0 Å². The van der Waals surface area contributed by atoms with Crippen LogP contribution in [0.4, 0.5) is 0 Å². The Labute approximate surface area is 86.1 Å².